The Hall–Kier alpha value is -4.13. The van der Waals surface area contributed by atoms with Crippen molar-refractivity contribution in [2.75, 3.05) is 17.7 Å². The van der Waals surface area contributed by atoms with Gasteiger partial charge < -0.3 is 20.7 Å². The molecule has 0 aliphatic heterocycles. The summed E-state index contributed by atoms with van der Waals surface area (Å²) in [6, 6.07) is 22.4. The molecule has 3 amide bonds. The lowest BCUT2D eigenvalue weighted by Gasteiger charge is -2.22. The summed E-state index contributed by atoms with van der Waals surface area (Å²) >= 11 is 0. The third-order valence-corrected chi connectivity index (χ3v) is 5.24. The Morgan fingerprint density at radius 1 is 0.824 bits per heavy atom. The van der Waals surface area contributed by atoms with Crippen molar-refractivity contribution >= 4 is 29.1 Å². The molecule has 3 aromatic carbocycles. The van der Waals surface area contributed by atoms with Crippen molar-refractivity contribution in [2.24, 2.45) is 5.92 Å². The van der Waals surface area contributed by atoms with E-state index in [0.29, 0.717) is 22.7 Å². The van der Waals surface area contributed by atoms with E-state index in [4.69, 9.17) is 4.74 Å². The third-order valence-electron chi connectivity index (χ3n) is 5.24. The quantitative estimate of drug-likeness (QED) is 0.445. The summed E-state index contributed by atoms with van der Waals surface area (Å²) < 4.78 is 5.26. The van der Waals surface area contributed by atoms with E-state index in [2.05, 4.69) is 16.0 Å². The summed E-state index contributed by atoms with van der Waals surface area (Å²) in [6.07, 6.45) is 0.202. The minimum absolute atomic E-state index is 0.106. The molecule has 0 aliphatic rings. The fourth-order valence-corrected chi connectivity index (χ4v) is 3.41. The molecule has 3 aromatic rings. The van der Waals surface area contributed by atoms with Crippen LogP contribution in [0.3, 0.4) is 0 Å². The zero-order chi connectivity index (χ0) is 24.5. The minimum Gasteiger partial charge on any atom is -0.495 e. The molecule has 0 radical (unpaired) electrons. The van der Waals surface area contributed by atoms with Crippen LogP contribution in [0.4, 0.5) is 11.4 Å². The molecule has 0 spiro atoms. The van der Waals surface area contributed by atoms with Crippen LogP contribution in [-0.2, 0) is 16.0 Å². The first kappa shape index (κ1) is 24.5. The van der Waals surface area contributed by atoms with Crippen molar-refractivity contribution in [1.82, 2.24) is 5.32 Å². The smallest absolute Gasteiger partial charge is 0.255 e. The van der Waals surface area contributed by atoms with Crippen molar-refractivity contribution in [3.05, 3.63) is 90.0 Å². The van der Waals surface area contributed by atoms with Crippen LogP contribution in [0.5, 0.6) is 5.75 Å². The molecule has 0 bridgehead atoms. The predicted octanol–water partition coefficient (Wildman–Crippen LogP) is 4.27. The Labute approximate surface area is 199 Å². The Balaban J connectivity index is 1.60. The van der Waals surface area contributed by atoms with Gasteiger partial charge in [0.2, 0.25) is 11.8 Å². The lowest BCUT2D eigenvalue weighted by atomic mass is 10.0. The Morgan fingerprint density at radius 3 is 2.12 bits per heavy atom. The standard InChI is InChI=1S/C27H29N3O4/c1-18(2)25(30-24(31)17-19-9-5-4-6-10-19)27(33)28-21-15-13-20(14-16-21)26(32)29-22-11-7-8-12-23(22)34-3/h4-16,18,25H,17H2,1-3H3,(H,28,33)(H,29,32)(H,30,31)/t25-/m1/s1. The number of carbonyl (C=O) groups excluding carboxylic acids is 3. The van der Waals surface area contributed by atoms with Crippen molar-refractivity contribution in [3.63, 3.8) is 0 Å². The van der Waals surface area contributed by atoms with Crippen LogP contribution >= 0.6 is 0 Å². The second kappa shape index (κ2) is 11.7. The molecule has 176 valence electrons. The number of methoxy groups -OCH3 is 1. The van der Waals surface area contributed by atoms with E-state index in [1.807, 2.05) is 50.2 Å². The number of ether oxygens (including phenoxy) is 1. The van der Waals surface area contributed by atoms with E-state index < -0.39 is 6.04 Å². The summed E-state index contributed by atoms with van der Waals surface area (Å²) in [5.41, 5.74) is 2.41. The van der Waals surface area contributed by atoms with Crippen molar-refractivity contribution < 1.29 is 19.1 Å². The first-order valence-electron chi connectivity index (χ1n) is 11.1. The van der Waals surface area contributed by atoms with E-state index >= 15 is 0 Å². The topological polar surface area (TPSA) is 96.5 Å². The van der Waals surface area contributed by atoms with Crippen molar-refractivity contribution in [3.8, 4) is 5.75 Å². The molecule has 0 saturated carbocycles. The van der Waals surface area contributed by atoms with Crippen LogP contribution < -0.4 is 20.7 Å². The van der Waals surface area contributed by atoms with E-state index in [9.17, 15) is 14.4 Å². The first-order valence-corrected chi connectivity index (χ1v) is 11.1. The molecule has 0 heterocycles. The first-order chi connectivity index (χ1) is 16.4. The van der Waals surface area contributed by atoms with Crippen LogP contribution in [0.1, 0.15) is 29.8 Å². The second-order valence-electron chi connectivity index (χ2n) is 8.17. The molecule has 0 aliphatic carbocycles. The van der Waals surface area contributed by atoms with Gasteiger partial charge in [0.1, 0.15) is 11.8 Å². The summed E-state index contributed by atoms with van der Waals surface area (Å²) in [7, 11) is 1.54. The molecule has 0 fully saturated rings. The fraction of sp³-hybridized carbons (Fsp3) is 0.222. The van der Waals surface area contributed by atoms with Gasteiger partial charge in [0.15, 0.2) is 0 Å². The van der Waals surface area contributed by atoms with Crippen LogP contribution in [-0.4, -0.2) is 30.9 Å². The summed E-state index contributed by atoms with van der Waals surface area (Å²) in [5.74, 6) is -0.374. The highest BCUT2D eigenvalue weighted by molar-refractivity contribution is 6.05. The van der Waals surface area contributed by atoms with Crippen LogP contribution in [0.15, 0.2) is 78.9 Å². The molecule has 34 heavy (non-hydrogen) atoms. The highest BCUT2D eigenvalue weighted by Crippen LogP contribution is 2.24. The molecule has 0 aromatic heterocycles. The van der Waals surface area contributed by atoms with Gasteiger partial charge in [-0.3, -0.25) is 14.4 Å². The number of anilines is 2. The predicted molar refractivity (Wildman–Crippen MR) is 133 cm³/mol. The number of rotatable bonds is 9. The van der Waals surface area contributed by atoms with E-state index in [1.54, 1.807) is 42.5 Å². The van der Waals surface area contributed by atoms with Gasteiger partial charge in [-0.05, 0) is 47.9 Å². The van der Waals surface area contributed by atoms with Gasteiger partial charge in [-0.2, -0.15) is 0 Å². The van der Waals surface area contributed by atoms with Gasteiger partial charge in [0.25, 0.3) is 5.91 Å². The number of hydrogen-bond acceptors (Lipinski definition) is 4. The van der Waals surface area contributed by atoms with E-state index in [1.165, 1.54) is 7.11 Å². The molecule has 0 unspecified atom stereocenters. The van der Waals surface area contributed by atoms with E-state index in [-0.39, 0.29) is 30.1 Å². The molecular weight excluding hydrogens is 430 g/mol. The SMILES string of the molecule is COc1ccccc1NC(=O)c1ccc(NC(=O)[C@H](NC(=O)Cc2ccccc2)C(C)C)cc1. The molecular formula is C27H29N3O4. The average Bonchev–Trinajstić information content (AvgIpc) is 2.83. The Morgan fingerprint density at radius 2 is 1.47 bits per heavy atom. The lowest BCUT2D eigenvalue weighted by molar-refractivity contribution is -0.127. The normalized spacial score (nSPS) is 11.4. The maximum absolute atomic E-state index is 12.9. The van der Waals surface area contributed by atoms with Crippen LogP contribution in [0.25, 0.3) is 0 Å². The second-order valence-corrected chi connectivity index (χ2v) is 8.17. The summed E-state index contributed by atoms with van der Waals surface area (Å²) in [4.78, 5) is 37.9. The maximum atomic E-state index is 12.9. The molecule has 1 atom stereocenters. The lowest BCUT2D eigenvalue weighted by Crippen LogP contribution is -2.47. The van der Waals surface area contributed by atoms with Crippen molar-refractivity contribution in [2.45, 2.75) is 26.3 Å². The largest absolute Gasteiger partial charge is 0.495 e. The zero-order valence-electron chi connectivity index (χ0n) is 19.5. The van der Waals surface area contributed by atoms with Gasteiger partial charge in [-0.1, -0.05) is 56.3 Å². The Kier molecular flexibility index (Phi) is 8.40. The van der Waals surface area contributed by atoms with Gasteiger partial charge >= 0.3 is 0 Å². The number of amides is 3. The fourth-order valence-electron chi connectivity index (χ4n) is 3.41. The number of carbonyl (C=O) groups is 3. The molecule has 3 rings (SSSR count). The third kappa shape index (κ3) is 6.68. The number of para-hydroxylation sites is 2. The van der Waals surface area contributed by atoms with Gasteiger partial charge in [0, 0.05) is 11.3 Å². The number of benzene rings is 3. The van der Waals surface area contributed by atoms with Gasteiger partial charge in [-0.25, -0.2) is 0 Å². The zero-order valence-corrected chi connectivity index (χ0v) is 19.5. The number of hydrogen-bond donors (Lipinski definition) is 3. The van der Waals surface area contributed by atoms with Gasteiger partial charge in [0.05, 0.1) is 19.2 Å². The van der Waals surface area contributed by atoms with Gasteiger partial charge in [-0.15, -0.1) is 0 Å². The maximum Gasteiger partial charge on any atom is 0.255 e. The minimum atomic E-state index is -0.690. The van der Waals surface area contributed by atoms with Crippen LogP contribution in [0.2, 0.25) is 0 Å². The monoisotopic (exact) mass is 459 g/mol. The number of nitrogens with one attached hydrogen (secondary N) is 3. The molecule has 0 saturated heterocycles. The molecule has 3 N–H and O–H groups in total. The molecule has 7 heteroatoms. The highest BCUT2D eigenvalue weighted by Gasteiger charge is 2.24. The highest BCUT2D eigenvalue weighted by atomic mass is 16.5. The average molecular weight is 460 g/mol. The Bertz CT molecular complexity index is 1130. The van der Waals surface area contributed by atoms with Crippen LogP contribution in [0, 0.1) is 5.92 Å². The van der Waals surface area contributed by atoms with Crippen molar-refractivity contribution in [1.29, 1.82) is 0 Å². The summed E-state index contributed by atoms with van der Waals surface area (Å²) in [5, 5.41) is 8.46. The molecule has 7 nitrogen and oxygen atoms in total. The summed E-state index contributed by atoms with van der Waals surface area (Å²) in [6.45, 7) is 3.75. The van der Waals surface area contributed by atoms with E-state index in [0.717, 1.165) is 5.56 Å².